The van der Waals surface area contributed by atoms with Crippen molar-refractivity contribution in [1.29, 1.82) is 0 Å². The number of aryl methyl sites for hydroxylation is 1. The van der Waals surface area contributed by atoms with Crippen molar-refractivity contribution in [2.75, 3.05) is 0 Å². The second-order valence-corrected chi connectivity index (χ2v) is 2.48. The Morgan fingerprint density at radius 3 is 2.33 bits per heavy atom. The largest absolute Gasteiger partial charge is 1.00 e. The van der Waals surface area contributed by atoms with Crippen LogP contribution >= 0.6 is 0 Å². The smallest absolute Gasteiger partial charge is 0.548 e. The maximum Gasteiger partial charge on any atom is 1.00 e. The van der Waals surface area contributed by atoms with Crippen molar-refractivity contribution in [3.05, 3.63) is 42.1 Å². The van der Waals surface area contributed by atoms with Gasteiger partial charge < -0.3 is 10.8 Å². The van der Waals surface area contributed by atoms with E-state index in [0.29, 0.717) is 6.42 Å². The average molecular weight is 347 g/mol. The molecule has 3 N–H and O–H groups in total. The van der Waals surface area contributed by atoms with E-state index in [1.807, 2.05) is 30.3 Å². The molecule has 1 rings (SSSR count). The zero-order valence-corrected chi connectivity index (χ0v) is 8.79. The third kappa shape index (κ3) is 4.70. The van der Waals surface area contributed by atoms with Crippen molar-refractivity contribution in [2.24, 2.45) is 5.73 Å². The van der Waals surface area contributed by atoms with Crippen LogP contribution in [0, 0.1) is 6.23 Å². The SMILES string of the molecule is N[C-](O)CCc1ccccc1.[Au+]. The Bertz CT molecular complexity index is 201. The third-order valence-electron chi connectivity index (χ3n) is 1.51. The quantitative estimate of drug-likeness (QED) is 0.642. The summed E-state index contributed by atoms with van der Waals surface area (Å²) in [5.41, 5.74) is 6.31. The molecule has 0 saturated heterocycles. The third-order valence-corrected chi connectivity index (χ3v) is 1.51. The summed E-state index contributed by atoms with van der Waals surface area (Å²) < 4.78 is 0. The van der Waals surface area contributed by atoms with Gasteiger partial charge in [-0.25, -0.2) is 0 Å². The minimum Gasteiger partial charge on any atom is -0.548 e. The van der Waals surface area contributed by atoms with Crippen molar-refractivity contribution in [3.63, 3.8) is 0 Å². The Hall–Kier alpha value is -0.120. The second kappa shape index (κ2) is 6.40. The number of aliphatic hydroxyl groups excluding tert-OH is 1. The molecule has 0 spiro atoms. The van der Waals surface area contributed by atoms with Crippen molar-refractivity contribution in [1.82, 2.24) is 0 Å². The monoisotopic (exact) mass is 347 g/mol. The van der Waals surface area contributed by atoms with Gasteiger partial charge in [0.25, 0.3) is 0 Å². The summed E-state index contributed by atoms with van der Waals surface area (Å²) in [5, 5.41) is 8.71. The van der Waals surface area contributed by atoms with E-state index >= 15 is 0 Å². The van der Waals surface area contributed by atoms with Gasteiger partial charge in [0.2, 0.25) is 0 Å². The zero-order valence-electron chi connectivity index (χ0n) is 6.63. The topological polar surface area (TPSA) is 46.2 Å². The van der Waals surface area contributed by atoms with Gasteiger partial charge in [0.15, 0.2) is 0 Å². The number of aliphatic hydroxyl groups is 1. The molecule has 0 atom stereocenters. The van der Waals surface area contributed by atoms with Gasteiger partial charge in [-0.05, 0) is 0 Å². The van der Waals surface area contributed by atoms with E-state index in [9.17, 15) is 0 Å². The van der Waals surface area contributed by atoms with E-state index < -0.39 is 0 Å². The fourth-order valence-electron chi connectivity index (χ4n) is 0.917. The Balaban J connectivity index is 0.00000121. The standard InChI is InChI=1S/C9H12NO.Au/c10-9(11)7-6-8-4-2-1-3-5-8;/h1-5,11H,6-7,10H2;/q-1;+1. The van der Waals surface area contributed by atoms with Crippen LogP contribution in [-0.2, 0) is 28.8 Å². The first kappa shape index (κ1) is 11.9. The molecule has 0 fully saturated rings. The Labute approximate surface area is 88.3 Å². The van der Waals surface area contributed by atoms with Gasteiger partial charge in [-0.2, -0.15) is 0 Å². The molecular weight excluding hydrogens is 335 g/mol. The number of nitrogens with two attached hydrogens (primary N) is 1. The Kier molecular flexibility index (Phi) is 6.34. The zero-order chi connectivity index (χ0) is 8.10. The molecular formula is C9H12AuNO. The first-order valence-corrected chi connectivity index (χ1v) is 3.63. The van der Waals surface area contributed by atoms with Gasteiger partial charge in [-0.15, -0.1) is 12.6 Å². The van der Waals surface area contributed by atoms with Gasteiger partial charge in [0, 0.05) is 0 Å². The average Bonchev–Trinajstić information content (AvgIpc) is 2.03. The molecule has 0 aliphatic rings. The van der Waals surface area contributed by atoms with E-state index in [0.717, 1.165) is 6.42 Å². The Morgan fingerprint density at radius 1 is 1.25 bits per heavy atom. The number of hydrogen-bond donors (Lipinski definition) is 2. The van der Waals surface area contributed by atoms with E-state index in [2.05, 4.69) is 0 Å². The van der Waals surface area contributed by atoms with Crippen LogP contribution in [-0.4, -0.2) is 5.11 Å². The maximum atomic E-state index is 8.71. The molecule has 12 heavy (non-hydrogen) atoms. The van der Waals surface area contributed by atoms with Crippen LogP contribution < -0.4 is 5.73 Å². The minimum atomic E-state index is 0. The molecule has 2 nitrogen and oxygen atoms in total. The molecule has 1 aromatic rings. The molecule has 0 amide bonds. The molecule has 0 unspecified atom stereocenters. The van der Waals surface area contributed by atoms with Crippen LogP contribution in [0.25, 0.3) is 0 Å². The van der Waals surface area contributed by atoms with Crippen molar-refractivity contribution in [2.45, 2.75) is 12.8 Å². The first-order valence-electron chi connectivity index (χ1n) is 3.63. The van der Waals surface area contributed by atoms with Gasteiger partial charge in [-0.1, -0.05) is 42.3 Å². The summed E-state index contributed by atoms with van der Waals surface area (Å²) in [7, 11) is 0. The molecule has 0 aliphatic heterocycles. The summed E-state index contributed by atoms with van der Waals surface area (Å²) in [6.07, 6.45) is 1.36. The summed E-state index contributed by atoms with van der Waals surface area (Å²) in [6, 6.07) is 9.95. The molecule has 0 radical (unpaired) electrons. The van der Waals surface area contributed by atoms with Gasteiger partial charge in [0.05, 0.1) is 0 Å². The summed E-state index contributed by atoms with van der Waals surface area (Å²) >= 11 is 0. The van der Waals surface area contributed by atoms with Crippen LogP contribution in [0.3, 0.4) is 0 Å². The number of benzene rings is 1. The van der Waals surface area contributed by atoms with E-state index in [1.54, 1.807) is 0 Å². The number of rotatable bonds is 3. The molecule has 1 aromatic carbocycles. The molecule has 0 aliphatic carbocycles. The molecule has 3 heteroatoms. The summed E-state index contributed by atoms with van der Waals surface area (Å²) in [5.74, 6) is 0. The van der Waals surface area contributed by atoms with E-state index in [4.69, 9.17) is 10.8 Å². The molecule has 70 valence electrons. The number of hydrogen-bond acceptors (Lipinski definition) is 2. The maximum absolute atomic E-state index is 8.71. The predicted octanol–water partition coefficient (Wildman–Crippen LogP) is 1.44. The summed E-state index contributed by atoms with van der Waals surface area (Å²) in [6.45, 7) is 0. The van der Waals surface area contributed by atoms with Crippen LogP contribution in [0.2, 0.25) is 0 Å². The van der Waals surface area contributed by atoms with E-state index in [1.165, 1.54) is 5.56 Å². The van der Waals surface area contributed by atoms with Crippen molar-refractivity contribution < 1.29 is 27.5 Å². The molecule has 0 saturated carbocycles. The van der Waals surface area contributed by atoms with Crippen molar-refractivity contribution >= 4 is 0 Å². The molecule has 0 heterocycles. The normalized spacial score (nSPS) is 9.58. The fraction of sp³-hybridized carbons (Fsp3) is 0.222. The van der Waals surface area contributed by atoms with Gasteiger partial charge in [0.1, 0.15) is 0 Å². The second-order valence-electron chi connectivity index (χ2n) is 2.48. The van der Waals surface area contributed by atoms with Gasteiger partial charge >= 0.3 is 22.4 Å². The van der Waals surface area contributed by atoms with Crippen LogP contribution in [0.1, 0.15) is 12.0 Å². The first-order chi connectivity index (χ1) is 5.29. The molecule has 0 aromatic heterocycles. The Morgan fingerprint density at radius 2 is 1.83 bits per heavy atom. The van der Waals surface area contributed by atoms with Gasteiger partial charge in [-0.3, -0.25) is 0 Å². The van der Waals surface area contributed by atoms with Crippen molar-refractivity contribution in [3.8, 4) is 0 Å². The van der Waals surface area contributed by atoms with Crippen LogP contribution in [0.5, 0.6) is 0 Å². The van der Waals surface area contributed by atoms with E-state index in [-0.39, 0.29) is 28.6 Å². The van der Waals surface area contributed by atoms with Crippen LogP contribution in [0.4, 0.5) is 0 Å². The summed E-state index contributed by atoms with van der Waals surface area (Å²) in [4.78, 5) is 0. The minimum absolute atomic E-state index is 0. The van der Waals surface area contributed by atoms with Crippen LogP contribution in [0.15, 0.2) is 30.3 Å². The fourth-order valence-corrected chi connectivity index (χ4v) is 0.917. The molecule has 0 bridgehead atoms. The predicted molar refractivity (Wildman–Crippen MR) is 44.1 cm³/mol.